The summed E-state index contributed by atoms with van der Waals surface area (Å²) in [4.78, 5) is 30.4. The number of amides is 2. The van der Waals surface area contributed by atoms with Crippen LogP contribution in [0.2, 0.25) is 0 Å². The van der Waals surface area contributed by atoms with E-state index in [1.807, 2.05) is 53.4 Å². The monoisotopic (exact) mass is 445 g/mol. The van der Waals surface area contributed by atoms with Crippen molar-refractivity contribution in [3.8, 4) is 0 Å². The lowest BCUT2D eigenvalue weighted by molar-refractivity contribution is -0.111. The number of piperidine rings is 2. The van der Waals surface area contributed by atoms with Crippen LogP contribution in [0, 0.1) is 11.8 Å². The van der Waals surface area contributed by atoms with E-state index in [4.69, 9.17) is 0 Å². The van der Waals surface area contributed by atoms with Gasteiger partial charge < -0.3 is 15.1 Å². The lowest BCUT2D eigenvalue weighted by Crippen LogP contribution is -2.40. The predicted molar refractivity (Wildman–Crippen MR) is 135 cm³/mol. The molecule has 0 unspecified atom stereocenters. The summed E-state index contributed by atoms with van der Waals surface area (Å²) in [5.74, 6) is 1.26. The van der Waals surface area contributed by atoms with Gasteiger partial charge in [-0.15, -0.1) is 0 Å². The number of nitrogens with one attached hydrogen (secondary N) is 1. The highest BCUT2D eigenvalue weighted by Gasteiger charge is 2.26. The van der Waals surface area contributed by atoms with Crippen LogP contribution in [0.15, 0.2) is 54.6 Å². The van der Waals surface area contributed by atoms with E-state index in [0.717, 1.165) is 69.0 Å². The van der Waals surface area contributed by atoms with Gasteiger partial charge in [0, 0.05) is 43.6 Å². The highest BCUT2D eigenvalue weighted by atomic mass is 16.2. The lowest BCUT2D eigenvalue weighted by Gasteiger charge is -2.35. The first-order valence-electron chi connectivity index (χ1n) is 12.2. The zero-order chi connectivity index (χ0) is 23.2. The minimum Gasteiger partial charge on any atom is -0.371 e. The first kappa shape index (κ1) is 23.1. The van der Waals surface area contributed by atoms with Crippen molar-refractivity contribution in [2.45, 2.75) is 39.5 Å². The standard InChI is InChI=1S/C28H35N3O2/c1-21-12-16-30(17-13-21)26-10-9-24(29-27(32)11-8-23-6-4-3-5-7-23)20-25(26)28(33)31-18-14-22(2)15-19-31/h3-11,20-22H,12-19H2,1-2H3,(H,29,32). The molecule has 2 aliphatic heterocycles. The second kappa shape index (κ2) is 10.7. The number of carbonyl (C=O) groups is 2. The fraction of sp³-hybridized carbons (Fsp3) is 0.429. The molecule has 0 radical (unpaired) electrons. The number of hydrogen-bond acceptors (Lipinski definition) is 3. The molecule has 0 spiro atoms. The van der Waals surface area contributed by atoms with Gasteiger partial charge in [-0.25, -0.2) is 0 Å². The van der Waals surface area contributed by atoms with E-state index in [9.17, 15) is 9.59 Å². The smallest absolute Gasteiger partial charge is 0.256 e. The Bertz CT molecular complexity index is 985. The second-order valence-corrected chi connectivity index (χ2v) is 9.61. The Labute approximate surface area is 197 Å². The van der Waals surface area contributed by atoms with Crippen LogP contribution in [0.1, 0.15) is 55.5 Å². The van der Waals surface area contributed by atoms with Crippen molar-refractivity contribution < 1.29 is 9.59 Å². The summed E-state index contributed by atoms with van der Waals surface area (Å²) in [7, 11) is 0. The molecule has 1 N–H and O–H groups in total. The van der Waals surface area contributed by atoms with Crippen molar-refractivity contribution in [1.29, 1.82) is 0 Å². The molecular formula is C28H35N3O2. The zero-order valence-corrected chi connectivity index (χ0v) is 19.8. The van der Waals surface area contributed by atoms with E-state index in [-0.39, 0.29) is 11.8 Å². The fourth-order valence-corrected chi connectivity index (χ4v) is 4.61. The van der Waals surface area contributed by atoms with Crippen LogP contribution in [0.5, 0.6) is 0 Å². The van der Waals surface area contributed by atoms with Crippen molar-refractivity contribution in [2.24, 2.45) is 11.8 Å². The zero-order valence-electron chi connectivity index (χ0n) is 19.8. The maximum Gasteiger partial charge on any atom is 0.256 e. The number of carbonyl (C=O) groups excluding carboxylic acids is 2. The average molecular weight is 446 g/mol. The molecule has 0 saturated carbocycles. The van der Waals surface area contributed by atoms with Crippen LogP contribution in [-0.4, -0.2) is 42.9 Å². The molecule has 2 heterocycles. The Morgan fingerprint density at radius 3 is 2.18 bits per heavy atom. The summed E-state index contributed by atoms with van der Waals surface area (Å²) in [6, 6.07) is 15.5. The minimum absolute atomic E-state index is 0.0754. The van der Waals surface area contributed by atoms with Gasteiger partial charge in [-0.05, 0) is 67.4 Å². The Morgan fingerprint density at radius 1 is 0.879 bits per heavy atom. The second-order valence-electron chi connectivity index (χ2n) is 9.61. The van der Waals surface area contributed by atoms with Crippen LogP contribution >= 0.6 is 0 Å². The van der Waals surface area contributed by atoms with E-state index in [1.165, 1.54) is 6.08 Å². The Hall–Kier alpha value is -3.08. The Morgan fingerprint density at radius 2 is 1.52 bits per heavy atom. The first-order valence-corrected chi connectivity index (χ1v) is 12.2. The third-order valence-corrected chi connectivity index (χ3v) is 6.92. The largest absolute Gasteiger partial charge is 0.371 e. The normalized spacial score (nSPS) is 18.0. The molecule has 2 aliphatic rings. The molecule has 5 nitrogen and oxygen atoms in total. The number of benzene rings is 2. The molecule has 2 amide bonds. The first-order chi connectivity index (χ1) is 16.0. The molecule has 174 valence electrons. The van der Waals surface area contributed by atoms with Crippen molar-refractivity contribution in [3.05, 3.63) is 65.7 Å². The van der Waals surface area contributed by atoms with Gasteiger partial charge >= 0.3 is 0 Å². The maximum absolute atomic E-state index is 13.6. The molecule has 5 heteroatoms. The third-order valence-electron chi connectivity index (χ3n) is 6.92. The Kier molecular flexibility index (Phi) is 7.48. The summed E-state index contributed by atoms with van der Waals surface area (Å²) in [5, 5.41) is 2.94. The van der Waals surface area contributed by atoms with E-state index in [0.29, 0.717) is 17.2 Å². The minimum atomic E-state index is -0.205. The van der Waals surface area contributed by atoms with Crippen LogP contribution in [0.3, 0.4) is 0 Å². The number of rotatable bonds is 5. The van der Waals surface area contributed by atoms with E-state index >= 15 is 0 Å². The van der Waals surface area contributed by atoms with Gasteiger partial charge in [0.2, 0.25) is 5.91 Å². The molecule has 0 atom stereocenters. The summed E-state index contributed by atoms with van der Waals surface area (Å²) in [6.07, 6.45) is 7.68. The molecule has 0 aromatic heterocycles. The van der Waals surface area contributed by atoms with Crippen molar-refractivity contribution >= 4 is 29.3 Å². The SMILES string of the molecule is CC1CCN(C(=O)c2cc(NC(=O)C=Cc3ccccc3)ccc2N2CCC(C)CC2)CC1. The van der Waals surface area contributed by atoms with Gasteiger partial charge in [0.1, 0.15) is 0 Å². The van der Waals surface area contributed by atoms with Gasteiger partial charge in [-0.3, -0.25) is 9.59 Å². The van der Waals surface area contributed by atoms with Crippen LogP contribution in [-0.2, 0) is 4.79 Å². The van der Waals surface area contributed by atoms with Gasteiger partial charge in [-0.2, -0.15) is 0 Å². The third kappa shape index (κ3) is 6.04. The number of nitrogens with zero attached hydrogens (tertiary/aromatic N) is 2. The topological polar surface area (TPSA) is 52.7 Å². The summed E-state index contributed by atoms with van der Waals surface area (Å²) < 4.78 is 0. The van der Waals surface area contributed by atoms with Crippen molar-refractivity contribution in [2.75, 3.05) is 36.4 Å². The highest BCUT2D eigenvalue weighted by Crippen LogP contribution is 2.30. The van der Waals surface area contributed by atoms with Crippen LogP contribution in [0.4, 0.5) is 11.4 Å². The van der Waals surface area contributed by atoms with Crippen molar-refractivity contribution in [3.63, 3.8) is 0 Å². The molecule has 2 saturated heterocycles. The molecule has 0 aliphatic carbocycles. The molecular weight excluding hydrogens is 410 g/mol. The summed E-state index contributed by atoms with van der Waals surface area (Å²) in [6.45, 7) is 8.06. The quantitative estimate of drug-likeness (QED) is 0.623. The molecule has 2 fully saturated rings. The van der Waals surface area contributed by atoms with Crippen molar-refractivity contribution in [1.82, 2.24) is 4.90 Å². The van der Waals surface area contributed by atoms with Gasteiger partial charge in [0.15, 0.2) is 0 Å². The summed E-state index contributed by atoms with van der Waals surface area (Å²) >= 11 is 0. The average Bonchev–Trinajstić information content (AvgIpc) is 2.84. The molecule has 2 aromatic carbocycles. The lowest BCUT2D eigenvalue weighted by atomic mass is 9.96. The number of anilines is 2. The van der Waals surface area contributed by atoms with Crippen LogP contribution < -0.4 is 10.2 Å². The highest BCUT2D eigenvalue weighted by molar-refractivity contribution is 6.05. The predicted octanol–water partition coefficient (Wildman–Crippen LogP) is 5.45. The fourth-order valence-electron chi connectivity index (χ4n) is 4.61. The number of hydrogen-bond donors (Lipinski definition) is 1. The maximum atomic E-state index is 13.6. The Balaban J connectivity index is 1.54. The molecule has 0 bridgehead atoms. The van der Waals surface area contributed by atoms with Gasteiger partial charge in [0.05, 0.1) is 5.56 Å². The van der Waals surface area contributed by atoms with Crippen LogP contribution in [0.25, 0.3) is 6.08 Å². The van der Waals surface area contributed by atoms with E-state index in [1.54, 1.807) is 6.08 Å². The molecule has 33 heavy (non-hydrogen) atoms. The van der Waals surface area contributed by atoms with E-state index in [2.05, 4.69) is 24.1 Å². The van der Waals surface area contributed by atoms with Gasteiger partial charge in [0.25, 0.3) is 5.91 Å². The number of likely N-dealkylation sites (tertiary alicyclic amines) is 1. The summed E-state index contributed by atoms with van der Waals surface area (Å²) in [5.41, 5.74) is 3.31. The van der Waals surface area contributed by atoms with E-state index < -0.39 is 0 Å². The van der Waals surface area contributed by atoms with Gasteiger partial charge in [-0.1, -0.05) is 44.2 Å². The molecule has 4 rings (SSSR count). The molecule has 2 aromatic rings.